The molecule has 0 heterocycles. The first kappa shape index (κ1) is 25.6. The zero-order valence-electron chi connectivity index (χ0n) is 17.3. The minimum atomic E-state index is -0.588. The van der Waals surface area contributed by atoms with Gasteiger partial charge in [-0.25, -0.2) is 0 Å². The number of nitrogens with one attached hydrogen (secondary N) is 1. The molecule has 3 saturated carbocycles. The molecule has 0 bridgehead atoms. The van der Waals surface area contributed by atoms with Crippen LogP contribution in [0.5, 0.6) is 0 Å². The third kappa shape index (κ3) is 6.09. The van der Waals surface area contributed by atoms with Crippen LogP contribution in [0.15, 0.2) is 0 Å². The summed E-state index contributed by atoms with van der Waals surface area (Å²) in [6, 6.07) is 2.58. The second kappa shape index (κ2) is 11.4. The van der Waals surface area contributed by atoms with Gasteiger partial charge in [-0.2, -0.15) is 5.26 Å². The number of nitriles is 1. The Kier molecular flexibility index (Phi) is 9.72. The van der Waals surface area contributed by atoms with Crippen LogP contribution in [0.2, 0.25) is 0 Å². The van der Waals surface area contributed by atoms with Gasteiger partial charge in [-0.1, -0.05) is 52.1 Å². The third-order valence-corrected chi connectivity index (χ3v) is 10.7. The molecule has 2 N–H and O–H groups in total. The molecule has 3 aliphatic carbocycles. The zero-order valence-corrected chi connectivity index (χ0v) is 23.1. The summed E-state index contributed by atoms with van der Waals surface area (Å²) >= 11 is 17.7. The number of nitrogens with zero attached hydrogens (tertiary/aromatic N) is 1. The van der Waals surface area contributed by atoms with Crippen LogP contribution >= 0.6 is 68.4 Å². The molecular weight excluding hydrogens is 649 g/mol. The van der Waals surface area contributed by atoms with Crippen molar-refractivity contribution in [2.75, 3.05) is 0 Å². The quantitative estimate of drug-likeness (QED) is 0.307. The fourth-order valence-corrected chi connectivity index (χ4v) is 9.54. The second-order valence-corrected chi connectivity index (χ2v) is 14.1. The van der Waals surface area contributed by atoms with E-state index in [4.69, 9.17) is 23.2 Å². The van der Waals surface area contributed by atoms with Crippen LogP contribution in [-0.2, 0) is 4.79 Å². The van der Waals surface area contributed by atoms with Crippen LogP contribution in [0, 0.1) is 40.9 Å². The van der Waals surface area contributed by atoms with E-state index in [-0.39, 0.29) is 50.3 Å². The van der Waals surface area contributed by atoms with Crippen molar-refractivity contribution in [2.24, 2.45) is 29.6 Å². The molecule has 0 aliphatic heterocycles. The molecular formula is C22H32Cl2I2N2O2. The van der Waals surface area contributed by atoms with Crippen molar-refractivity contribution in [3.8, 4) is 6.07 Å². The highest BCUT2D eigenvalue weighted by atomic mass is 127. The van der Waals surface area contributed by atoms with Crippen LogP contribution in [0.1, 0.15) is 58.3 Å². The molecule has 3 fully saturated rings. The molecule has 0 saturated heterocycles. The Bertz CT molecular complexity index is 641. The summed E-state index contributed by atoms with van der Waals surface area (Å²) in [6.07, 6.45) is 6.61. The number of amides is 1. The molecule has 0 aromatic rings. The highest BCUT2D eigenvalue weighted by Crippen LogP contribution is 2.44. The number of rotatable bonds is 4. The highest BCUT2D eigenvalue weighted by Gasteiger charge is 2.44. The maximum absolute atomic E-state index is 13.0. The van der Waals surface area contributed by atoms with Crippen molar-refractivity contribution in [1.82, 2.24) is 5.32 Å². The molecule has 0 spiro atoms. The average molecular weight is 681 g/mol. The van der Waals surface area contributed by atoms with Gasteiger partial charge in [-0.15, -0.1) is 23.2 Å². The van der Waals surface area contributed by atoms with Gasteiger partial charge in [0, 0.05) is 24.6 Å². The minimum absolute atomic E-state index is 0.00335. The number of aliphatic hydroxyl groups is 1. The molecule has 0 radical (unpaired) electrons. The van der Waals surface area contributed by atoms with Gasteiger partial charge in [0.2, 0.25) is 5.91 Å². The van der Waals surface area contributed by atoms with Crippen molar-refractivity contribution in [2.45, 2.75) is 89.0 Å². The molecule has 9 unspecified atom stereocenters. The monoisotopic (exact) mass is 680 g/mol. The van der Waals surface area contributed by atoms with E-state index in [0.717, 1.165) is 44.9 Å². The predicted octanol–water partition coefficient (Wildman–Crippen LogP) is 5.44. The van der Waals surface area contributed by atoms with Crippen LogP contribution in [0.3, 0.4) is 0 Å². The summed E-state index contributed by atoms with van der Waals surface area (Å²) < 4.78 is 0.527. The molecule has 9 atom stereocenters. The SMILES string of the molecule is CC1CC(C(C#N)C2CCC(Cl)CC2)C(Cl)CC1NC(=O)C1CC(I)CC(I)C1O. The molecule has 0 aromatic heterocycles. The molecule has 170 valence electrons. The number of carbonyl (C=O) groups is 1. The Labute approximate surface area is 217 Å². The first-order chi connectivity index (χ1) is 14.2. The van der Waals surface area contributed by atoms with E-state index >= 15 is 0 Å². The van der Waals surface area contributed by atoms with E-state index in [2.05, 4.69) is 63.5 Å². The largest absolute Gasteiger partial charge is 0.391 e. The van der Waals surface area contributed by atoms with E-state index in [1.54, 1.807) is 0 Å². The normalized spacial score (nSPS) is 45.9. The van der Waals surface area contributed by atoms with E-state index in [1.807, 2.05) is 0 Å². The molecule has 30 heavy (non-hydrogen) atoms. The summed E-state index contributed by atoms with van der Waals surface area (Å²) in [5.74, 6) is 0.388. The molecule has 0 aromatic carbocycles. The summed E-state index contributed by atoms with van der Waals surface area (Å²) in [5.41, 5.74) is 0. The highest BCUT2D eigenvalue weighted by molar-refractivity contribution is 14.1. The predicted molar refractivity (Wildman–Crippen MR) is 139 cm³/mol. The van der Waals surface area contributed by atoms with Gasteiger partial charge >= 0.3 is 0 Å². The minimum Gasteiger partial charge on any atom is -0.391 e. The third-order valence-electron chi connectivity index (χ3n) is 7.53. The van der Waals surface area contributed by atoms with E-state index in [0.29, 0.717) is 16.3 Å². The summed E-state index contributed by atoms with van der Waals surface area (Å²) in [5, 5.41) is 23.8. The van der Waals surface area contributed by atoms with Crippen LogP contribution in [-0.4, -0.2) is 41.8 Å². The van der Waals surface area contributed by atoms with Gasteiger partial charge in [-0.05, 0) is 69.1 Å². The molecule has 3 rings (SSSR count). The lowest BCUT2D eigenvalue weighted by Gasteiger charge is -2.43. The zero-order chi connectivity index (χ0) is 22.0. The summed E-state index contributed by atoms with van der Waals surface area (Å²) in [7, 11) is 0. The Morgan fingerprint density at radius 2 is 1.80 bits per heavy atom. The lowest BCUT2D eigenvalue weighted by atomic mass is 9.67. The smallest absolute Gasteiger partial charge is 0.226 e. The Hall–Kier alpha value is 0.960. The van der Waals surface area contributed by atoms with Crippen molar-refractivity contribution in [1.29, 1.82) is 5.26 Å². The first-order valence-electron chi connectivity index (χ1n) is 11.2. The van der Waals surface area contributed by atoms with Gasteiger partial charge in [0.15, 0.2) is 0 Å². The molecule has 1 amide bonds. The lowest BCUT2D eigenvalue weighted by molar-refractivity contribution is -0.131. The Morgan fingerprint density at radius 1 is 1.13 bits per heavy atom. The van der Waals surface area contributed by atoms with Crippen molar-refractivity contribution in [3.05, 3.63) is 0 Å². The van der Waals surface area contributed by atoms with Crippen LogP contribution < -0.4 is 5.32 Å². The van der Waals surface area contributed by atoms with Crippen LogP contribution in [0.25, 0.3) is 0 Å². The number of hydrogen-bond acceptors (Lipinski definition) is 3. The van der Waals surface area contributed by atoms with Gasteiger partial charge in [0.1, 0.15) is 0 Å². The number of halogens is 4. The van der Waals surface area contributed by atoms with Crippen LogP contribution in [0.4, 0.5) is 0 Å². The lowest BCUT2D eigenvalue weighted by Crippen LogP contribution is -2.53. The standard InChI is InChI=1S/C22H32Cl2I2N2O2/c1-11-6-15(17(10-27)12-2-4-13(23)5-3-12)18(24)9-20(11)28-22(30)16-7-14(25)8-19(26)21(16)29/h11-21,29H,2-9H2,1H3,(H,28,30). The van der Waals surface area contributed by atoms with E-state index in [9.17, 15) is 15.2 Å². The van der Waals surface area contributed by atoms with Gasteiger partial charge in [0.25, 0.3) is 0 Å². The Balaban J connectivity index is 1.60. The molecule has 4 nitrogen and oxygen atoms in total. The van der Waals surface area contributed by atoms with Gasteiger partial charge in [0.05, 0.1) is 24.0 Å². The molecule has 8 heteroatoms. The first-order valence-corrected chi connectivity index (χ1v) is 14.5. The maximum atomic E-state index is 13.0. The van der Waals surface area contributed by atoms with Crippen molar-refractivity contribution < 1.29 is 9.90 Å². The van der Waals surface area contributed by atoms with E-state index in [1.165, 1.54) is 0 Å². The van der Waals surface area contributed by atoms with Gasteiger partial charge in [-0.3, -0.25) is 4.79 Å². The fourth-order valence-electron chi connectivity index (χ4n) is 5.65. The van der Waals surface area contributed by atoms with Crippen molar-refractivity contribution in [3.63, 3.8) is 0 Å². The summed E-state index contributed by atoms with van der Waals surface area (Å²) in [6.45, 7) is 2.16. The number of alkyl halides is 4. The number of hydrogen-bond donors (Lipinski definition) is 2. The Morgan fingerprint density at radius 3 is 2.43 bits per heavy atom. The maximum Gasteiger partial charge on any atom is 0.226 e. The fraction of sp³-hybridized carbons (Fsp3) is 0.909. The number of aliphatic hydroxyl groups excluding tert-OH is 1. The molecule has 3 aliphatic rings. The average Bonchev–Trinajstić information content (AvgIpc) is 2.70. The topological polar surface area (TPSA) is 73.1 Å². The van der Waals surface area contributed by atoms with E-state index < -0.39 is 6.10 Å². The summed E-state index contributed by atoms with van der Waals surface area (Å²) in [4.78, 5) is 13.0. The number of carbonyl (C=O) groups excluding carboxylic acids is 1. The second-order valence-electron chi connectivity index (χ2n) is 9.59. The van der Waals surface area contributed by atoms with Crippen molar-refractivity contribution >= 4 is 74.3 Å². The van der Waals surface area contributed by atoms with Gasteiger partial charge < -0.3 is 10.4 Å².